The Morgan fingerprint density at radius 1 is 1.56 bits per heavy atom. The molecule has 1 amide bonds. The Bertz CT molecular complexity index is 121. The zero-order chi connectivity index (χ0) is 7.44. The zero-order valence-electron chi connectivity index (χ0n) is 5.76. The molecule has 0 heterocycles. The zero-order valence-corrected chi connectivity index (χ0v) is 6.58. The van der Waals surface area contributed by atoms with Gasteiger partial charge in [0.05, 0.1) is 4.99 Å². The van der Waals surface area contributed by atoms with Crippen LogP contribution in [0.4, 0.5) is 0 Å². The number of hydrogen-bond donors (Lipinski definition) is 1. The number of thiocarbonyl (C=S) groups is 1. The minimum Gasteiger partial charge on any atom is -0.273 e. The van der Waals surface area contributed by atoms with Gasteiger partial charge in [-0.3, -0.25) is 4.79 Å². The monoisotopic (exact) mass is 146 g/mol. The third kappa shape index (κ3) is 2.53. The summed E-state index contributed by atoms with van der Waals surface area (Å²) >= 11 is 4.73. The number of carbonyl (C=O) groups excluding carboxylic acids is 1. The number of nitrogens with zero attached hydrogens (tertiary/aromatic N) is 1. The van der Waals surface area contributed by atoms with Crippen LogP contribution in [0.1, 0.15) is 13.8 Å². The minimum absolute atomic E-state index is 0.0926. The Morgan fingerprint density at radius 2 is 2.00 bits per heavy atom. The fourth-order valence-corrected chi connectivity index (χ4v) is 0.756. The van der Waals surface area contributed by atoms with Gasteiger partial charge in [0, 0.05) is 14.0 Å². The predicted molar refractivity (Wildman–Crippen MR) is 39.9 cm³/mol. The van der Waals surface area contributed by atoms with Crippen LogP contribution in [0.15, 0.2) is 0 Å². The van der Waals surface area contributed by atoms with Crippen molar-refractivity contribution in [3.05, 3.63) is 0 Å². The lowest BCUT2D eigenvalue weighted by molar-refractivity contribution is -0.126. The highest BCUT2D eigenvalue weighted by molar-refractivity contribution is 7.80. The third-order valence-electron chi connectivity index (χ3n) is 0.853. The fourth-order valence-electron chi connectivity index (χ4n) is 0.537. The van der Waals surface area contributed by atoms with E-state index in [2.05, 4.69) is 5.43 Å². The molecule has 0 aliphatic heterocycles. The molecule has 0 saturated carbocycles. The number of rotatable bonds is 1. The average molecular weight is 146 g/mol. The van der Waals surface area contributed by atoms with Gasteiger partial charge in [0.2, 0.25) is 5.91 Å². The molecule has 0 aromatic carbocycles. The average Bonchev–Trinajstić information content (AvgIpc) is 1.64. The molecule has 0 radical (unpaired) electrons. The summed E-state index contributed by atoms with van der Waals surface area (Å²) in [6, 6.07) is 0. The van der Waals surface area contributed by atoms with Crippen molar-refractivity contribution in [3.63, 3.8) is 0 Å². The maximum Gasteiger partial charge on any atom is 0.238 e. The van der Waals surface area contributed by atoms with E-state index in [0.29, 0.717) is 4.99 Å². The molecule has 4 heteroatoms. The Labute approximate surface area is 60.0 Å². The van der Waals surface area contributed by atoms with E-state index >= 15 is 0 Å². The summed E-state index contributed by atoms with van der Waals surface area (Å²) in [5.41, 5.74) is 2.64. The van der Waals surface area contributed by atoms with E-state index in [9.17, 15) is 4.79 Å². The van der Waals surface area contributed by atoms with Crippen molar-refractivity contribution in [1.29, 1.82) is 0 Å². The molecule has 0 aliphatic rings. The maximum absolute atomic E-state index is 10.6. The van der Waals surface area contributed by atoms with Crippen molar-refractivity contribution in [2.75, 3.05) is 7.05 Å². The lowest BCUT2D eigenvalue weighted by atomic mass is 10.6. The van der Waals surface area contributed by atoms with Crippen molar-refractivity contribution in [2.24, 2.45) is 0 Å². The van der Waals surface area contributed by atoms with Crippen molar-refractivity contribution in [1.82, 2.24) is 10.4 Å². The van der Waals surface area contributed by atoms with Crippen LogP contribution < -0.4 is 5.43 Å². The molecule has 0 saturated heterocycles. The van der Waals surface area contributed by atoms with Crippen molar-refractivity contribution in [2.45, 2.75) is 13.8 Å². The van der Waals surface area contributed by atoms with Gasteiger partial charge >= 0.3 is 0 Å². The molecule has 0 fully saturated rings. The summed E-state index contributed by atoms with van der Waals surface area (Å²) in [5, 5.41) is 1.30. The van der Waals surface area contributed by atoms with E-state index in [1.54, 1.807) is 14.0 Å². The Balaban J connectivity index is 3.99. The molecular formula is C5H10N2OS. The molecule has 0 atom stereocenters. The van der Waals surface area contributed by atoms with E-state index in [-0.39, 0.29) is 5.91 Å². The van der Waals surface area contributed by atoms with E-state index in [1.165, 1.54) is 11.9 Å². The van der Waals surface area contributed by atoms with Crippen molar-refractivity contribution < 1.29 is 4.79 Å². The van der Waals surface area contributed by atoms with Crippen LogP contribution in [0.5, 0.6) is 0 Å². The largest absolute Gasteiger partial charge is 0.273 e. The van der Waals surface area contributed by atoms with Crippen LogP contribution in [0, 0.1) is 0 Å². The lowest BCUT2D eigenvalue weighted by Gasteiger charge is -2.16. The summed E-state index contributed by atoms with van der Waals surface area (Å²) in [7, 11) is 1.65. The second-order valence-corrected chi connectivity index (χ2v) is 2.19. The maximum atomic E-state index is 10.6. The SMILES string of the molecule is CNN(C(C)=O)C(C)=S. The molecule has 0 bridgehead atoms. The first-order valence-electron chi connectivity index (χ1n) is 2.58. The molecule has 0 unspecified atom stereocenters. The first-order chi connectivity index (χ1) is 4.09. The van der Waals surface area contributed by atoms with Gasteiger partial charge in [0.15, 0.2) is 0 Å². The van der Waals surface area contributed by atoms with E-state index in [1.807, 2.05) is 0 Å². The summed E-state index contributed by atoms with van der Waals surface area (Å²) < 4.78 is 0. The van der Waals surface area contributed by atoms with Crippen LogP contribution in [0.25, 0.3) is 0 Å². The van der Waals surface area contributed by atoms with Gasteiger partial charge in [0.1, 0.15) is 0 Å². The Kier molecular flexibility index (Phi) is 3.34. The highest BCUT2D eigenvalue weighted by Gasteiger charge is 2.05. The molecule has 0 rings (SSSR count). The van der Waals surface area contributed by atoms with Crippen LogP contribution >= 0.6 is 12.2 Å². The summed E-state index contributed by atoms with van der Waals surface area (Å²) in [5.74, 6) is -0.0926. The van der Waals surface area contributed by atoms with Crippen LogP contribution in [-0.2, 0) is 4.79 Å². The number of nitrogens with one attached hydrogen (secondary N) is 1. The standard InChI is InChI=1S/C5H10N2OS/c1-4(8)7(6-3)5(2)9/h6H,1-3H3. The van der Waals surface area contributed by atoms with Gasteiger partial charge in [-0.2, -0.15) is 0 Å². The van der Waals surface area contributed by atoms with Crippen LogP contribution in [-0.4, -0.2) is 23.0 Å². The number of hydrazine groups is 1. The number of carbonyl (C=O) groups is 1. The molecule has 0 aliphatic carbocycles. The van der Waals surface area contributed by atoms with Gasteiger partial charge in [-0.1, -0.05) is 12.2 Å². The second-order valence-electron chi connectivity index (χ2n) is 1.60. The first kappa shape index (κ1) is 8.52. The number of hydrogen-bond acceptors (Lipinski definition) is 3. The van der Waals surface area contributed by atoms with Gasteiger partial charge in [-0.15, -0.1) is 0 Å². The summed E-state index contributed by atoms with van der Waals surface area (Å²) in [6.07, 6.45) is 0. The Hall–Kier alpha value is -0.480. The molecule has 0 aromatic heterocycles. The fraction of sp³-hybridized carbons (Fsp3) is 0.600. The second kappa shape index (κ2) is 3.53. The minimum atomic E-state index is -0.0926. The molecule has 3 nitrogen and oxygen atoms in total. The van der Waals surface area contributed by atoms with Crippen molar-refractivity contribution >= 4 is 23.1 Å². The van der Waals surface area contributed by atoms with E-state index in [0.717, 1.165) is 0 Å². The Morgan fingerprint density at radius 3 is 2.00 bits per heavy atom. The quantitative estimate of drug-likeness (QED) is 0.427. The van der Waals surface area contributed by atoms with Gasteiger partial charge in [-0.25, -0.2) is 10.4 Å². The highest BCUT2D eigenvalue weighted by atomic mass is 32.1. The van der Waals surface area contributed by atoms with Gasteiger partial charge in [-0.05, 0) is 6.92 Å². The predicted octanol–water partition coefficient (Wildman–Crippen LogP) is 0.317. The van der Waals surface area contributed by atoms with Gasteiger partial charge in [0.25, 0.3) is 0 Å². The lowest BCUT2D eigenvalue weighted by Crippen LogP contribution is -2.41. The molecule has 9 heavy (non-hydrogen) atoms. The topological polar surface area (TPSA) is 32.3 Å². The van der Waals surface area contributed by atoms with E-state index in [4.69, 9.17) is 12.2 Å². The first-order valence-corrected chi connectivity index (χ1v) is 2.99. The smallest absolute Gasteiger partial charge is 0.238 e. The molecule has 0 spiro atoms. The highest BCUT2D eigenvalue weighted by Crippen LogP contribution is 1.85. The van der Waals surface area contributed by atoms with E-state index < -0.39 is 0 Å². The van der Waals surface area contributed by atoms with Crippen LogP contribution in [0.2, 0.25) is 0 Å². The van der Waals surface area contributed by atoms with Crippen LogP contribution in [0.3, 0.4) is 0 Å². The molecule has 52 valence electrons. The number of amides is 1. The molecule has 1 N–H and O–H groups in total. The van der Waals surface area contributed by atoms with Gasteiger partial charge < -0.3 is 0 Å². The third-order valence-corrected chi connectivity index (χ3v) is 1.04. The summed E-state index contributed by atoms with van der Waals surface area (Å²) in [6.45, 7) is 3.14. The molecule has 0 aromatic rings. The normalized spacial score (nSPS) is 8.78. The summed E-state index contributed by atoms with van der Waals surface area (Å²) in [4.78, 5) is 11.1. The molecular weight excluding hydrogens is 136 g/mol. The van der Waals surface area contributed by atoms with Crippen molar-refractivity contribution in [3.8, 4) is 0 Å².